The van der Waals surface area contributed by atoms with Gasteiger partial charge in [0.05, 0.1) is 6.10 Å². The Kier molecular flexibility index (Phi) is 3.13. The fourth-order valence-corrected chi connectivity index (χ4v) is 3.14. The van der Waals surface area contributed by atoms with Crippen LogP contribution < -0.4 is 0 Å². The van der Waals surface area contributed by atoms with Crippen LogP contribution in [0.3, 0.4) is 0 Å². The smallest absolute Gasteiger partial charge is 0.0664 e. The number of hydrogen-bond donors (Lipinski definition) is 1. The number of aliphatic hydroxyl groups excluding tert-OH is 1. The van der Waals surface area contributed by atoms with Gasteiger partial charge in [-0.15, -0.1) is 0 Å². The van der Waals surface area contributed by atoms with E-state index in [-0.39, 0.29) is 6.10 Å². The van der Waals surface area contributed by atoms with E-state index in [4.69, 9.17) is 0 Å². The summed E-state index contributed by atoms with van der Waals surface area (Å²) in [6.45, 7) is 5.44. The van der Waals surface area contributed by atoms with Gasteiger partial charge < -0.3 is 10.0 Å². The SMILES string of the molecule is CCC(O)CN1CCC2(CCCC2)C1. The van der Waals surface area contributed by atoms with E-state index in [0.29, 0.717) is 5.41 Å². The first kappa shape index (κ1) is 10.4. The molecule has 1 aliphatic heterocycles. The van der Waals surface area contributed by atoms with Gasteiger partial charge in [0.2, 0.25) is 0 Å². The van der Waals surface area contributed by atoms with Gasteiger partial charge in [0.25, 0.3) is 0 Å². The first-order valence-electron chi connectivity index (χ1n) is 6.14. The number of aliphatic hydroxyl groups is 1. The van der Waals surface area contributed by atoms with Crippen LogP contribution in [0.5, 0.6) is 0 Å². The molecule has 1 atom stereocenters. The number of nitrogens with zero attached hydrogens (tertiary/aromatic N) is 1. The molecule has 0 bridgehead atoms. The zero-order valence-corrected chi connectivity index (χ0v) is 9.34. The van der Waals surface area contributed by atoms with Crippen molar-refractivity contribution < 1.29 is 5.11 Å². The maximum atomic E-state index is 9.61. The monoisotopic (exact) mass is 197 g/mol. The first-order chi connectivity index (χ1) is 6.74. The van der Waals surface area contributed by atoms with Crippen molar-refractivity contribution in [3.8, 4) is 0 Å². The minimum absolute atomic E-state index is 0.105. The van der Waals surface area contributed by atoms with Crippen LogP contribution in [0.1, 0.15) is 45.4 Å². The van der Waals surface area contributed by atoms with E-state index in [1.165, 1.54) is 45.2 Å². The summed E-state index contributed by atoms with van der Waals surface area (Å²) in [4.78, 5) is 2.47. The van der Waals surface area contributed by atoms with Gasteiger partial charge >= 0.3 is 0 Å². The molecule has 2 heteroatoms. The molecule has 0 aromatic rings. The third kappa shape index (κ3) is 2.12. The molecular weight excluding hydrogens is 174 g/mol. The summed E-state index contributed by atoms with van der Waals surface area (Å²) < 4.78 is 0. The Balaban J connectivity index is 1.82. The van der Waals surface area contributed by atoms with E-state index in [1.807, 2.05) is 0 Å². The van der Waals surface area contributed by atoms with Gasteiger partial charge in [0.15, 0.2) is 0 Å². The average molecular weight is 197 g/mol. The van der Waals surface area contributed by atoms with Crippen molar-refractivity contribution in [1.29, 1.82) is 0 Å². The molecule has 2 nitrogen and oxygen atoms in total. The summed E-state index contributed by atoms with van der Waals surface area (Å²) in [6.07, 6.45) is 7.91. The molecule has 1 saturated heterocycles. The van der Waals surface area contributed by atoms with Gasteiger partial charge in [0, 0.05) is 13.1 Å². The molecule has 2 rings (SSSR count). The molecule has 2 fully saturated rings. The van der Waals surface area contributed by atoms with Crippen LogP contribution in [0.4, 0.5) is 0 Å². The van der Waals surface area contributed by atoms with E-state index < -0.39 is 0 Å². The summed E-state index contributed by atoms with van der Waals surface area (Å²) in [5.74, 6) is 0. The van der Waals surface area contributed by atoms with Crippen LogP contribution in [0.25, 0.3) is 0 Å². The molecule has 2 aliphatic rings. The lowest BCUT2D eigenvalue weighted by atomic mass is 9.86. The second kappa shape index (κ2) is 4.19. The van der Waals surface area contributed by atoms with Gasteiger partial charge in [-0.1, -0.05) is 19.8 Å². The minimum atomic E-state index is -0.105. The van der Waals surface area contributed by atoms with E-state index >= 15 is 0 Å². The zero-order chi connectivity index (χ0) is 10.0. The number of rotatable bonds is 3. The Morgan fingerprint density at radius 3 is 2.64 bits per heavy atom. The predicted octanol–water partition coefficient (Wildman–Crippen LogP) is 2.02. The van der Waals surface area contributed by atoms with Crippen molar-refractivity contribution in [3.63, 3.8) is 0 Å². The summed E-state index contributed by atoms with van der Waals surface area (Å²) in [5, 5.41) is 9.61. The summed E-state index contributed by atoms with van der Waals surface area (Å²) >= 11 is 0. The van der Waals surface area contributed by atoms with Crippen molar-refractivity contribution in [1.82, 2.24) is 4.90 Å². The molecule has 1 unspecified atom stereocenters. The highest BCUT2D eigenvalue weighted by Crippen LogP contribution is 2.45. The molecule has 0 radical (unpaired) electrons. The summed E-state index contributed by atoms with van der Waals surface area (Å²) in [6, 6.07) is 0. The lowest BCUT2D eigenvalue weighted by molar-refractivity contribution is 0.114. The molecule has 1 aliphatic carbocycles. The fourth-order valence-electron chi connectivity index (χ4n) is 3.14. The van der Waals surface area contributed by atoms with Crippen LogP contribution in [0.2, 0.25) is 0 Å². The Morgan fingerprint density at radius 2 is 2.00 bits per heavy atom. The quantitative estimate of drug-likeness (QED) is 0.748. The van der Waals surface area contributed by atoms with E-state index in [0.717, 1.165) is 13.0 Å². The van der Waals surface area contributed by atoms with E-state index in [2.05, 4.69) is 11.8 Å². The molecule has 0 aromatic heterocycles. The largest absolute Gasteiger partial charge is 0.392 e. The lowest BCUT2D eigenvalue weighted by Crippen LogP contribution is -2.32. The number of β-amino-alcohol motifs (C(OH)–C–C–N with tert-alkyl or cyclic N) is 1. The van der Waals surface area contributed by atoms with Crippen molar-refractivity contribution in [2.24, 2.45) is 5.41 Å². The van der Waals surface area contributed by atoms with Crippen LogP contribution >= 0.6 is 0 Å². The second-order valence-electron chi connectivity index (χ2n) is 5.25. The van der Waals surface area contributed by atoms with Gasteiger partial charge in [-0.3, -0.25) is 0 Å². The van der Waals surface area contributed by atoms with Crippen LogP contribution in [0, 0.1) is 5.41 Å². The molecular formula is C12H23NO. The third-order valence-corrected chi connectivity index (χ3v) is 4.12. The van der Waals surface area contributed by atoms with E-state index in [9.17, 15) is 5.11 Å². The molecule has 1 saturated carbocycles. The third-order valence-electron chi connectivity index (χ3n) is 4.12. The highest BCUT2D eigenvalue weighted by atomic mass is 16.3. The molecule has 0 aromatic carbocycles. The number of likely N-dealkylation sites (tertiary alicyclic amines) is 1. The van der Waals surface area contributed by atoms with Crippen molar-refractivity contribution in [2.45, 2.75) is 51.6 Å². The molecule has 1 heterocycles. The maximum absolute atomic E-state index is 9.61. The Labute approximate surface area is 87.3 Å². The molecule has 1 spiro atoms. The van der Waals surface area contributed by atoms with Crippen molar-refractivity contribution >= 4 is 0 Å². The lowest BCUT2D eigenvalue weighted by Gasteiger charge is -2.24. The van der Waals surface area contributed by atoms with Crippen molar-refractivity contribution in [3.05, 3.63) is 0 Å². The first-order valence-corrected chi connectivity index (χ1v) is 6.14. The maximum Gasteiger partial charge on any atom is 0.0664 e. The molecule has 14 heavy (non-hydrogen) atoms. The normalized spacial score (nSPS) is 28.7. The van der Waals surface area contributed by atoms with Crippen molar-refractivity contribution in [2.75, 3.05) is 19.6 Å². The van der Waals surface area contributed by atoms with Gasteiger partial charge in [-0.2, -0.15) is 0 Å². The Bertz CT molecular complexity index is 187. The Hall–Kier alpha value is -0.0800. The molecule has 1 N–H and O–H groups in total. The standard InChI is InChI=1S/C12H23NO/c1-2-11(14)9-13-8-7-12(10-13)5-3-4-6-12/h11,14H,2-10H2,1H3. The van der Waals surface area contributed by atoms with Crippen LogP contribution in [0.15, 0.2) is 0 Å². The van der Waals surface area contributed by atoms with Crippen LogP contribution in [-0.4, -0.2) is 35.7 Å². The predicted molar refractivity (Wildman–Crippen MR) is 58.3 cm³/mol. The highest BCUT2D eigenvalue weighted by Gasteiger charge is 2.40. The molecule has 0 amide bonds. The number of hydrogen-bond acceptors (Lipinski definition) is 2. The minimum Gasteiger partial charge on any atom is -0.392 e. The zero-order valence-electron chi connectivity index (χ0n) is 9.34. The highest BCUT2D eigenvalue weighted by molar-refractivity contribution is 4.93. The van der Waals surface area contributed by atoms with E-state index in [1.54, 1.807) is 0 Å². The average Bonchev–Trinajstić information content (AvgIpc) is 2.78. The van der Waals surface area contributed by atoms with Gasteiger partial charge in [0.1, 0.15) is 0 Å². The second-order valence-corrected chi connectivity index (χ2v) is 5.25. The molecule has 82 valence electrons. The Morgan fingerprint density at radius 1 is 1.29 bits per heavy atom. The summed E-state index contributed by atoms with van der Waals surface area (Å²) in [5.41, 5.74) is 0.660. The topological polar surface area (TPSA) is 23.5 Å². The van der Waals surface area contributed by atoms with Gasteiger partial charge in [-0.25, -0.2) is 0 Å². The van der Waals surface area contributed by atoms with Gasteiger partial charge in [-0.05, 0) is 37.6 Å². The van der Waals surface area contributed by atoms with Crippen LogP contribution in [-0.2, 0) is 0 Å². The summed E-state index contributed by atoms with van der Waals surface area (Å²) in [7, 11) is 0. The fraction of sp³-hybridized carbons (Fsp3) is 1.00.